The number of carbonyl (C=O) groups is 1. The minimum Gasteiger partial charge on any atom is -0.352 e. The van der Waals surface area contributed by atoms with E-state index in [4.69, 9.17) is 0 Å². The summed E-state index contributed by atoms with van der Waals surface area (Å²) in [6.07, 6.45) is 6.49. The molecule has 2 heterocycles. The summed E-state index contributed by atoms with van der Waals surface area (Å²) in [6, 6.07) is 6.35. The fraction of sp³-hybridized carbons (Fsp3) is 0.500. The van der Waals surface area contributed by atoms with Crippen LogP contribution < -0.4 is 10.6 Å². The van der Waals surface area contributed by atoms with Crippen molar-refractivity contribution in [2.45, 2.75) is 32.7 Å². The van der Waals surface area contributed by atoms with Crippen LogP contribution in [0.15, 0.2) is 30.6 Å². The molecule has 1 aliphatic heterocycles. The van der Waals surface area contributed by atoms with Crippen LogP contribution in [-0.4, -0.2) is 30.1 Å². The van der Waals surface area contributed by atoms with Crippen LogP contribution in [0.3, 0.4) is 0 Å². The third kappa shape index (κ3) is 3.17. The maximum absolute atomic E-state index is 12.5. The average Bonchev–Trinajstić information content (AvgIpc) is 2.98. The minimum absolute atomic E-state index is 0.0469. The van der Waals surface area contributed by atoms with Gasteiger partial charge in [0, 0.05) is 41.3 Å². The van der Waals surface area contributed by atoms with Crippen molar-refractivity contribution in [1.29, 1.82) is 0 Å². The van der Waals surface area contributed by atoms with Gasteiger partial charge in [0.05, 0.1) is 0 Å². The van der Waals surface area contributed by atoms with Crippen molar-refractivity contribution in [3.05, 3.63) is 36.2 Å². The number of fused-ring (bicyclic) bond motifs is 1. The Morgan fingerprint density at radius 1 is 1.32 bits per heavy atom. The zero-order valence-corrected chi connectivity index (χ0v) is 13.4. The van der Waals surface area contributed by atoms with E-state index in [1.54, 1.807) is 0 Å². The number of carbonyl (C=O) groups excluding carboxylic acids is 1. The van der Waals surface area contributed by atoms with E-state index in [9.17, 15) is 4.79 Å². The number of amides is 1. The molecule has 2 aromatic rings. The molecule has 1 aromatic heterocycles. The van der Waals surface area contributed by atoms with Crippen molar-refractivity contribution in [3.8, 4) is 0 Å². The van der Waals surface area contributed by atoms with Crippen LogP contribution in [0, 0.1) is 5.92 Å². The second-order valence-electron chi connectivity index (χ2n) is 6.51. The summed E-state index contributed by atoms with van der Waals surface area (Å²) in [5, 5.41) is 8.65. The zero-order chi connectivity index (χ0) is 15.5. The van der Waals surface area contributed by atoms with Gasteiger partial charge in [0.25, 0.3) is 5.91 Å². The number of nitrogens with one attached hydrogen (secondary N) is 2. The summed E-state index contributed by atoms with van der Waals surface area (Å²) >= 11 is 0. The molecule has 4 heteroatoms. The summed E-state index contributed by atoms with van der Waals surface area (Å²) < 4.78 is 2.16. The Morgan fingerprint density at radius 2 is 2.09 bits per heavy atom. The summed E-state index contributed by atoms with van der Waals surface area (Å²) in [5.41, 5.74) is 0.783. The van der Waals surface area contributed by atoms with Gasteiger partial charge in [-0.3, -0.25) is 4.79 Å². The summed E-state index contributed by atoms with van der Waals surface area (Å²) in [5.74, 6) is 0.648. The summed E-state index contributed by atoms with van der Waals surface area (Å²) in [4.78, 5) is 12.5. The van der Waals surface area contributed by atoms with Crippen molar-refractivity contribution in [3.63, 3.8) is 0 Å². The summed E-state index contributed by atoms with van der Waals surface area (Å²) in [6.45, 7) is 7.20. The third-order valence-electron chi connectivity index (χ3n) is 4.56. The van der Waals surface area contributed by atoms with Crippen LogP contribution in [0.25, 0.3) is 10.8 Å². The minimum atomic E-state index is 0.0469. The highest BCUT2D eigenvalue weighted by atomic mass is 16.1. The zero-order valence-electron chi connectivity index (χ0n) is 13.4. The van der Waals surface area contributed by atoms with Gasteiger partial charge in [-0.05, 0) is 51.8 Å². The number of hydrogen-bond donors (Lipinski definition) is 2. The predicted molar refractivity (Wildman–Crippen MR) is 90.2 cm³/mol. The molecule has 0 unspecified atom stereocenters. The first-order valence-electron chi connectivity index (χ1n) is 8.24. The van der Waals surface area contributed by atoms with Crippen LogP contribution >= 0.6 is 0 Å². The van der Waals surface area contributed by atoms with Crippen LogP contribution in [0.4, 0.5) is 0 Å². The predicted octanol–water partition coefficient (Wildman–Crippen LogP) is 2.95. The van der Waals surface area contributed by atoms with Crippen LogP contribution in [-0.2, 0) is 0 Å². The molecular weight excluding hydrogens is 274 g/mol. The van der Waals surface area contributed by atoms with E-state index in [2.05, 4.69) is 47.5 Å². The molecule has 0 saturated carbocycles. The lowest BCUT2D eigenvalue weighted by atomic mass is 9.98. The number of rotatable bonds is 4. The van der Waals surface area contributed by atoms with E-state index in [0.717, 1.165) is 48.8 Å². The van der Waals surface area contributed by atoms with Crippen molar-refractivity contribution < 1.29 is 4.79 Å². The highest BCUT2D eigenvalue weighted by Crippen LogP contribution is 2.22. The van der Waals surface area contributed by atoms with Gasteiger partial charge in [-0.25, -0.2) is 0 Å². The van der Waals surface area contributed by atoms with Gasteiger partial charge in [-0.1, -0.05) is 12.1 Å². The fourth-order valence-corrected chi connectivity index (χ4v) is 3.10. The van der Waals surface area contributed by atoms with E-state index in [-0.39, 0.29) is 5.91 Å². The first-order valence-corrected chi connectivity index (χ1v) is 8.24. The maximum Gasteiger partial charge on any atom is 0.251 e. The number of benzene rings is 1. The van der Waals surface area contributed by atoms with E-state index in [1.807, 2.05) is 12.1 Å². The molecule has 3 rings (SSSR count). The second-order valence-corrected chi connectivity index (χ2v) is 6.51. The number of hydrogen-bond acceptors (Lipinski definition) is 2. The molecule has 118 valence electrons. The monoisotopic (exact) mass is 299 g/mol. The maximum atomic E-state index is 12.5. The van der Waals surface area contributed by atoms with E-state index < -0.39 is 0 Å². The van der Waals surface area contributed by atoms with Gasteiger partial charge < -0.3 is 15.2 Å². The molecule has 0 radical (unpaired) electrons. The first-order chi connectivity index (χ1) is 10.6. The van der Waals surface area contributed by atoms with E-state index in [0.29, 0.717) is 12.0 Å². The van der Waals surface area contributed by atoms with E-state index >= 15 is 0 Å². The Bertz CT molecular complexity index is 653. The van der Waals surface area contributed by atoms with Crippen LogP contribution in [0.1, 0.15) is 43.1 Å². The van der Waals surface area contributed by atoms with Gasteiger partial charge in [-0.2, -0.15) is 0 Å². The molecule has 22 heavy (non-hydrogen) atoms. The fourth-order valence-electron chi connectivity index (χ4n) is 3.10. The second kappa shape index (κ2) is 6.53. The Kier molecular flexibility index (Phi) is 4.48. The molecule has 0 aliphatic carbocycles. The van der Waals surface area contributed by atoms with Gasteiger partial charge in [0.1, 0.15) is 0 Å². The summed E-state index contributed by atoms with van der Waals surface area (Å²) in [7, 11) is 0. The van der Waals surface area contributed by atoms with Crippen molar-refractivity contribution in [2.24, 2.45) is 5.92 Å². The van der Waals surface area contributed by atoms with Crippen molar-refractivity contribution in [2.75, 3.05) is 19.6 Å². The molecule has 1 aromatic carbocycles. The molecule has 1 fully saturated rings. The lowest BCUT2D eigenvalue weighted by Gasteiger charge is -2.22. The Labute approximate surface area is 131 Å². The molecule has 1 amide bonds. The van der Waals surface area contributed by atoms with Crippen LogP contribution in [0.2, 0.25) is 0 Å². The van der Waals surface area contributed by atoms with E-state index in [1.165, 1.54) is 0 Å². The number of nitrogens with zero attached hydrogens (tertiary/aromatic N) is 1. The first kappa shape index (κ1) is 15.1. The van der Waals surface area contributed by atoms with Crippen molar-refractivity contribution >= 4 is 16.7 Å². The normalized spacial score (nSPS) is 16.3. The Balaban J connectivity index is 1.75. The molecular formula is C18H25N3O. The molecule has 2 N–H and O–H groups in total. The Morgan fingerprint density at radius 3 is 2.82 bits per heavy atom. The molecule has 1 aliphatic rings. The standard InChI is InChI=1S/C18H25N3O/c1-13(2)21-11-15-4-3-5-16(17(15)12-21)18(22)20-10-14-6-8-19-9-7-14/h3-5,11-14,19H,6-10H2,1-2H3,(H,20,22). The average molecular weight is 299 g/mol. The molecule has 0 atom stereocenters. The number of piperidine rings is 1. The molecule has 0 bridgehead atoms. The van der Waals surface area contributed by atoms with Gasteiger partial charge >= 0.3 is 0 Å². The Hall–Kier alpha value is -1.81. The molecule has 0 spiro atoms. The topological polar surface area (TPSA) is 46.1 Å². The smallest absolute Gasteiger partial charge is 0.251 e. The SMILES string of the molecule is CC(C)n1cc2cccc(C(=O)NCC3CCNCC3)c2c1. The van der Waals surface area contributed by atoms with Gasteiger partial charge in [-0.15, -0.1) is 0 Å². The lowest BCUT2D eigenvalue weighted by Crippen LogP contribution is -2.36. The lowest BCUT2D eigenvalue weighted by molar-refractivity contribution is 0.0946. The quantitative estimate of drug-likeness (QED) is 0.912. The molecule has 1 saturated heterocycles. The highest BCUT2D eigenvalue weighted by molar-refractivity contribution is 6.07. The van der Waals surface area contributed by atoms with Gasteiger partial charge in [0.15, 0.2) is 0 Å². The third-order valence-corrected chi connectivity index (χ3v) is 4.56. The van der Waals surface area contributed by atoms with Gasteiger partial charge in [0.2, 0.25) is 0 Å². The largest absolute Gasteiger partial charge is 0.352 e. The number of aromatic nitrogens is 1. The highest BCUT2D eigenvalue weighted by Gasteiger charge is 2.16. The molecule has 4 nitrogen and oxygen atoms in total. The van der Waals surface area contributed by atoms with Crippen LogP contribution in [0.5, 0.6) is 0 Å². The van der Waals surface area contributed by atoms with Crippen molar-refractivity contribution in [1.82, 2.24) is 15.2 Å².